The van der Waals surface area contributed by atoms with Crippen molar-refractivity contribution in [1.29, 1.82) is 0 Å². The second kappa shape index (κ2) is 8.07. The minimum Gasteiger partial charge on any atom is -0.462 e. The Morgan fingerprint density at radius 1 is 1.14 bits per heavy atom. The topological polar surface area (TPSA) is 85.6 Å². The molecule has 0 spiro atoms. The van der Waals surface area contributed by atoms with Crippen LogP contribution in [0.15, 0.2) is 56.0 Å². The van der Waals surface area contributed by atoms with Gasteiger partial charge in [0.2, 0.25) is 0 Å². The van der Waals surface area contributed by atoms with Gasteiger partial charge in [-0.1, -0.05) is 19.1 Å². The third kappa shape index (κ3) is 3.75. The van der Waals surface area contributed by atoms with Crippen LogP contribution in [-0.4, -0.2) is 18.4 Å². The summed E-state index contributed by atoms with van der Waals surface area (Å²) in [7, 11) is 0. The molecule has 0 saturated heterocycles. The monoisotopic (exact) mass is 395 g/mol. The van der Waals surface area contributed by atoms with E-state index in [2.05, 4.69) is 5.32 Å². The third-order valence-corrected chi connectivity index (χ3v) is 5.02. The Morgan fingerprint density at radius 2 is 1.83 bits per heavy atom. The zero-order valence-electron chi connectivity index (χ0n) is 17.3. The van der Waals surface area contributed by atoms with Crippen LogP contribution in [0.4, 0.5) is 0 Å². The maximum Gasteiger partial charge on any atom is 0.336 e. The van der Waals surface area contributed by atoms with E-state index in [0.29, 0.717) is 51.3 Å². The van der Waals surface area contributed by atoms with Gasteiger partial charge < -0.3 is 14.5 Å². The van der Waals surface area contributed by atoms with E-state index >= 15 is 0 Å². The molecule has 0 amide bonds. The van der Waals surface area contributed by atoms with Gasteiger partial charge in [-0.25, -0.2) is 4.79 Å². The van der Waals surface area contributed by atoms with Crippen LogP contribution in [0.1, 0.15) is 51.4 Å². The van der Waals surface area contributed by atoms with Crippen LogP contribution in [-0.2, 0) is 14.3 Å². The Labute approximate surface area is 169 Å². The molecule has 2 heterocycles. The molecule has 0 bridgehead atoms. The van der Waals surface area contributed by atoms with Crippen molar-refractivity contribution in [2.45, 2.75) is 47.0 Å². The van der Waals surface area contributed by atoms with Gasteiger partial charge in [-0.3, -0.25) is 9.59 Å². The molecule has 0 fully saturated rings. The standard InChI is InChI=1S/C23H25NO5/c1-6-10-28-23(27)20-14(4)24-13(3)19(15(5)25)21(20)17-9-7-8-16-18(26)11-12(2)29-22(16)17/h7-9,11,21,24H,6,10H2,1-5H3/t21-/m1/s1. The number of aryl methyl sites for hydroxylation is 1. The molecule has 0 saturated carbocycles. The number of hydrogen-bond acceptors (Lipinski definition) is 6. The summed E-state index contributed by atoms with van der Waals surface area (Å²) in [5.41, 5.74) is 2.90. The minimum atomic E-state index is -0.688. The minimum absolute atomic E-state index is 0.166. The maximum absolute atomic E-state index is 12.9. The Hall–Kier alpha value is -3.15. The van der Waals surface area contributed by atoms with Crippen molar-refractivity contribution in [3.63, 3.8) is 0 Å². The highest BCUT2D eigenvalue weighted by Crippen LogP contribution is 2.41. The molecule has 1 aromatic carbocycles. The number of allylic oxidation sites excluding steroid dienone is 3. The number of hydrogen-bond donors (Lipinski definition) is 1. The van der Waals surface area contributed by atoms with Gasteiger partial charge in [0.1, 0.15) is 11.3 Å². The molecule has 1 aromatic heterocycles. The lowest BCUT2D eigenvalue weighted by Crippen LogP contribution is -2.31. The number of dihydropyridines is 1. The van der Waals surface area contributed by atoms with E-state index in [9.17, 15) is 14.4 Å². The summed E-state index contributed by atoms with van der Waals surface area (Å²) in [6, 6.07) is 6.64. The van der Waals surface area contributed by atoms with Gasteiger partial charge in [0.05, 0.1) is 23.5 Å². The smallest absolute Gasteiger partial charge is 0.336 e. The number of carbonyl (C=O) groups is 2. The van der Waals surface area contributed by atoms with Gasteiger partial charge in [0.15, 0.2) is 11.2 Å². The van der Waals surface area contributed by atoms with Gasteiger partial charge in [-0.05, 0) is 40.2 Å². The summed E-state index contributed by atoms with van der Waals surface area (Å²) in [4.78, 5) is 38.0. The summed E-state index contributed by atoms with van der Waals surface area (Å²) < 4.78 is 11.3. The SMILES string of the molecule is CCCOC(=O)C1=C(C)NC(C)=C(C(C)=O)[C@H]1c1cccc2c(=O)cc(C)oc12. The number of para-hydroxylation sites is 1. The molecule has 3 rings (SSSR count). The highest BCUT2D eigenvalue weighted by molar-refractivity contribution is 6.03. The number of Topliss-reactive ketones (excluding diaryl/α,β-unsaturated/α-hetero) is 1. The number of benzene rings is 1. The fourth-order valence-electron chi connectivity index (χ4n) is 3.86. The number of nitrogens with one attached hydrogen (secondary N) is 1. The highest BCUT2D eigenvalue weighted by Gasteiger charge is 2.37. The van der Waals surface area contributed by atoms with Crippen LogP contribution in [0.25, 0.3) is 11.0 Å². The first-order valence-electron chi connectivity index (χ1n) is 9.66. The van der Waals surface area contributed by atoms with Crippen molar-refractivity contribution in [3.05, 3.63) is 68.4 Å². The molecule has 6 nitrogen and oxygen atoms in total. The van der Waals surface area contributed by atoms with E-state index in [1.165, 1.54) is 13.0 Å². The van der Waals surface area contributed by atoms with Crippen molar-refractivity contribution < 1.29 is 18.7 Å². The molecule has 1 aliphatic rings. The van der Waals surface area contributed by atoms with Crippen molar-refractivity contribution >= 4 is 22.7 Å². The van der Waals surface area contributed by atoms with Crippen molar-refractivity contribution in [3.8, 4) is 0 Å². The number of rotatable bonds is 5. The van der Waals surface area contributed by atoms with Crippen molar-refractivity contribution in [1.82, 2.24) is 5.32 Å². The van der Waals surface area contributed by atoms with E-state index in [0.717, 1.165) is 0 Å². The largest absolute Gasteiger partial charge is 0.462 e. The summed E-state index contributed by atoms with van der Waals surface area (Å²) in [6.07, 6.45) is 0.687. The van der Waals surface area contributed by atoms with Crippen LogP contribution in [0.5, 0.6) is 0 Å². The summed E-state index contributed by atoms with van der Waals surface area (Å²) in [5.74, 6) is -0.878. The Balaban J connectivity index is 2.33. The molecule has 152 valence electrons. The average molecular weight is 395 g/mol. The zero-order valence-corrected chi connectivity index (χ0v) is 17.3. The zero-order chi connectivity index (χ0) is 21.3. The third-order valence-electron chi connectivity index (χ3n) is 5.02. The number of esters is 1. The first-order chi connectivity index (χ1) is 13.8. The van der Waals surface area contributed by atoms with Gasteiger partial charge in [0, 0.05) is 28.6 Å². The average Bonchev–Trinajstić information content (AvgIpc) is 2.64. The summed E-state index contributed by atoms with van der Waals surface area (Å²) in [5, 5.41) is 3.54. The van der Waals surface area contributed by atoms with Crippen LogP contribution >= 0.6 is 0 Å². The molecule has 1 aliphatic heterocycles. The lowest BCUT2D eigenvalue weighted by Gasteiger charge is -2.30. The van der Waals surface area contributed by atoms with E-state index in [1.54, 1.807) is 39.0 Å². The quantitative estimate of drug-likeness (QED) is 0.774. The first kappa shape index (κ1) is 20.6. The van der Waals surface area contributed by atoms with E-state index in [4.69, 9.17) is 9.15 Å². The van der Waals surface area contributed by atoms with Crippen LogP contribution in [0.3, 0.4) is 0 Å². The van der Waals surface area contributed by atoms with Crippen LogP contribution < -0.4 is 10.7 Å². The summed E-state index contributed by atoms with van der Waals surface area (Å²) in [6.45, 7) is 8.94. The molecular formula is C23H25NO5. The molecular weight excluding hydrogens is 370 g/mol. The van der Waals surface area contributed by atoms with E-state index < -0.39 is 11.9 Å². The second-order valence-electron chi connectivity index (χ2n) is 7.27. The lowest BCUT2D eigenvalue weighted by molar-refractivity contribution is -0.139. The first-order valence-corrected chi connectivity index (χ1v) is 9.66. The molecule has 29 heavy (non-hydrogen) atoms. The maximum atomic E-state index is 12.9. The van der Waals surface area contributed by atoms with Gasteiger partial charge in [0.25, 0.3) is 0 Å². The molecule has 6 heteroatoms. The van der Waals surface area contributed by atoms with Gasteiger partial charge in [-0.15, -0.1) is 0 Å². The van der Waals surface area contributed by atoms with Crippen molar-refractivity contribution in [2.75, 3.05) is 6.61 Å². The molecule has 0 unspecified atom stereocenters. The molecule has 1 N–H and O–H groups in total. The van der Waals surface area contributed by atoms with Crippen molar-refractivity contribution in [2.24, 2.45) is 0 Å². The lowest BCUT2D eigenvalue weighted by atomic mass is 9.78. The Kier molecular flexibility index (Phi) is 5.73. The fourth-order valence-corrected chi connectivity index (χ4v) is 3.86. The highest BCUT2D eigenvalue weighted by atomic mass is 16.5. The molecule has 0 radical (unpaired) electrons. The van der Waals surface area contributed by atoms with Gasteiger partial charge in [-0.2, -0.15) is 0 Å². The number of carbonyl (C=O) groups excluding carboxylic acids is 2. The molecule has 0 aliphatic carbocycles. The van der Waals surface area contributed by atoms with E-state index in [1.807, 2.05) is 6.92 Å². The number of fused-ring (bicyclic) bond motifs is 1. The fraction of sp³-hybridized carbons (Fsp3) is 0.348. The van der Waals surface area contributed by atoms with Crippen LogP contribution in [0.2, 0.25) is 0 Å². The van der Waals surface area contributed by atoms with Crippen LogP contribution in [0, 0.1) is 6.92 Å². The van der Waals surface area contributed by atoms with Gasteiger partial charge >= 0.3 is 5.97 Å². The Bertz CT molecular complexity index is 1120. The predicted octanol–water partition coefficient (Wildman–Crippen LogP) is 3.88. The molecule has 1 atom stereocenters. The molecule has 2 aromatic rings. The summed E-state index contributed by atoms with van der Waals surface area (Å²) >= 11 is 0. The number of ketones is 1. The Morgan fingerprint density at radius 3 is 2.48 bits per heavy atom. The predicted molar refractivity (Wildman–Crippen MR) is 110 cm³/mol. The second-order valence-corrected chi connectivity index (χ2v) is 7.27. The normalized spacial score (nSPS) is 16.8. The van der Waals surface area contributed by atoms with E-state index in [-0.39, 0.29) is 17.8 Å². The number of ether oxygens (including phenoxy) is 1.